The van der Waals surface area contributed by atoms with Crippen molar-refractivity contribution in [3.05, 3.63) is 29.3 Å². The molecule has 0 saturated heterocycles. The van der Waals surface area contributed by atoms with Gasteiger partial charge in [0.2, 0.25) is 6.79 Å². The summed E-state index contributed by atoms with van der Waals surface area (Å²) in [6, 6.07) is 6.49. The van der Waals surface area contributed by atoms with Crippen molar-refractivity contribution in [1.82, 2.24) is 0 Å². The van der Waals surface area contributed by atoms with E-state index in [2.05, 4.69) is 19.1 Å². The van der Waals surface area contributed by atoms with Crippen LogP contribution in [0, 0.1) is 11.3 Å². The molecule has 3 atom stereocenters. The van der Waals surface area contributed by atoms with Gasteiger partial charge in [-0.1, -0.05) is 32.3 Å². The van der Waals surface area contributed by atoms with Crippen molar-refractivity contribution in [2.75, 3.05) is 6.79 Å². The Bertz CT molecular complexity index is 664. The molecule has 1 saturated carbocycles. The van der Waals surface area contributed by atoms with E-state index in [0.29, 0.717) is 5.92 Å². The van der Waals surface area contributed by atoms with Crippen LogP contribution in [0.5, 0.6) is 5.75 Å². The Morgan fingerprint density at radius 2 is 2.04 bits per heavy atom. The van der Waals surface area contributed by atoms with Gasteiger partial charge in [-0.3, -0.25) is 4.79 Å². The lowest BCUT2D eigenvalue weighted by atomic mass is 9.60. The summed E-state index contributed by atoms with van der Waals surface area (Å²) < 4.78 is 11.0. The number of carbonyl (C=O) groups is 1. The number of fused-ring (bicyclic) bond motifs is 4. The molecule has 0 heterocycles. The van der Waals surface area contributed by atoms with Gasteiger partial charge in [0.25, 0.3) is 0 Å². The first-order valence-corrected chi connectivity index (χ1v) is 9.91. The van der Waals surface area contributed by atoms with Crippen LogP contribution in [0.3, 0.4) is 0 Å². The fraction of sp³-hybridized carbons (Fsp3) is 0.682. The third kappa shape index (κ3) is 3.75. The standard InChI is InChI=1S/C22H33NO3/c1-21(2,3)20(24)26-14-25-17-10-9-15-12-16-8-6-5-7-11-22(4,19(16)23)18(15)13-17/h9-10,13,16,19H,5-8,11-12,14,23H2,1-4H3/t16-,19-,22+/m0/s1. The fourth-order valence-electron chi connectivity index (χ4n) is 4.49. The van der Waals surface area contributed by atoms with Crippen LogP contribution in [-0.2, 0) is 21.4 Å². The minimum Gasteiger partial charge on any atom is -0.457 e. The van der Waals surface area contributed by atoms with Gasteiger partial charge >= 0.3 is 5.97 Å². The van der Waals surface area contributed by atoms with Gasteiger partial charge in [0.05, 0.1) is 5.41 Å². The lowest BCUT2D eigenvalue weighted by Gasteiger charge is -2.47. The molecule has 0 aliphatic heterocycles. The van der Waals surface area contributed by atoms with Gasteiger partial charge < -0.3 is 15.2 Å². The molecule has 0 spiro atoms. The van der Waals surface area contributed by atoms with E-state index < -0.39 is 5.41 Å². The molecule has 0 aromatic heterocycles. The molecule has 4 heteroatoms. The molecular formula is C22H33NO3. The van der Waals surface area contributed by atoms with Crippen molar-refractivity contribution in [2.45, 2.75) is 77.7 Å². The van der Waals surface area contributed by atoms with Gasteiger partial charge in [-0.2, -0.15) is 0 Å². The average molecular weight is 360 g/mol. The normalized spacial score (nSPS) is 28.5. The summed E-state index contributed by atoms with van der Waals surface area (Å²) in [6.07, 6.45) is 7.24. The maximum atomic E-state index is 11.9. The number of hydrogen-bond donors (Lipinski definition) is 1. The molecule has 0 radical (unpaired) electrons. The van der Waals surface area contributed by atoms with Gasteiger partial charge in [-0.15, -0.1) is 0 Å². The summed E-state index contributed by atoms with van der Waals surface area (Å²) in [7, 11) is 0. The largest absolute Gasteiger partial charge is 0.457 e. The van der Waals surface area contributed by atoms with Gasteiger partial charge in [0.1, 0.15) is 5.75 Å². The summed E-state index contributed by atoms with van der Waals surface area (Å²) in [5, 5.41) is 0. The number of rotatable bonds is 3. The highest BCUT2D eigenvalue weighted by atomic mass is 16.7. The topological polar surface area (TPSA) is 61.5 Å². The molecule has 144 valence electrons. The molecule has 0 amide bonds. The Kier molecular flexibility index (Phi) is 5.34. The smallest absolute Gasteiger partial charge is 0.314 e. The van der Waals surface area contributed by atoms with Crippen molar-refractivity contribution in [3.8, 4) is 5.75 Å². The van der Waals surface area contributed by atoms with Crippen molar-refractivity contribution < 1.29 is 14.3 Å². The van der Waals surface area contributed by atoms with Crippen LogP contribution in [0.1, 0.15) is 70.9 Å². The van der Waals surface area contributed by atoms with Crippen LogP contribution in [0.25, 0.3) is 0 Å². The van der Waals surface area contributed by atoms with Crippen LogP contribution in [0.2, 0.25) is 0 Å². The van der Waals surface area contributed by atoms with E-state index in [-0.39, 0.29) is 24.2 Å². The number of benzene rings is 1. The molecule has 2 aliphatic rings. The van der Waals surface area contributed by atoms with Crippen molar-refractivity contribution in [3.63, 3.8) is 0 Å². The second kappa shape index (κ2) is 7.22. The molecule has 4 nitrogen and oxygen atoms in total. The maximum Gasteiger partial charge on any atom is 0.314 e. The van der Waals surface area contributed by atoms with Crippen LogP contribution >= 0.6 is 0 Å². The monoisotopic (exact) mass is 359 g/mol. The minimum atomic E-state index is -0.521. The van der Waals surface area contributed by atoms with Crippen LogP contribution < -0.4 is 10.5 Å². The molecule has 26 heavy (non-hydrogen) atoms. The van der Waals surface area contributed by atoms with E-state index in [0.717, 1.165) is 18.6 Å². The SMILES string of the molecule is CC(C)(C)C(=O)OCOc1ccc2c(c1)[C@@]1(C)CCCCC[C@@H](C2)[C@@H]1N. The summed E-state index contributed by atoms with van der Waals surface area (Å²) >= 11 is 0. The highest BCUT2D eigenvalue weighted by Crippen LogP contribution is 2.46. The van der Waals surface area contributed by atoms with Crippen LogP contribution in [0.15, 0.2) is 18.2 Å². The molecular weight excluding hydrogens is 326 g/mol. The van der Waals surface area contributed by atoms with Gasteiger partial charge in [-0.25, -0.2) is 0 Å². The van der Waals surface area contributed by atoms with E-state index in [1.807, 2.05) is 26.8 Å². The first-order chi connectivity index (χ1) is 12.2. The highest BCUT2D eigenvalue weighted by Gasteiger charge is 2.43. The summed E-state index contributed by atoms with van der Waals surface area (Å²) in [4.78, 5) is 11.9. The van der Waals surface area contributed by atoms with Gasteiger partial charge in [0, 0.05) is 11.5 Å². The number of ether oxygens (including phenoxy) is 2. The Balaban J connectivity index is 1.77. The van der Waals surface area contributed by atoms with E-state index >= 15 is 0 Å². The molecule has 3 rings (SSSR count). The van der Waals surface area contributed by atoms with Gasteiger partial charge in [-0.05, 0) is 69.2 Å². The zero-order chi connectivity index (χ0) is 18.9. The van der Waals surface area contributed by atoms with E-state index in [1.54, 1.807) is 0 Å². The second-order valence-electron chi connectivity index (χ2n) is 9.27. The Labute approximate surface area is 157 Å². The Morgan fingerprint density at radius 1 is 1.27 bits per heavy atom. The summed E-state index contributed by atoms with van der Waals surface area (Å²) in [5.74, 6) is 1.07. The quantitative estimate of drug-likeness (QED) is 0.644. The molecule has 1 aromatic rings. The maximum absolute atomic E-state index is 11.9. The lowest BCUT2D eigenvalue weighted by Crippen LogP contribution is -2.52. The average Bonchev–Trinajstić information content (AvgIpc) is 2.58. The van der Waals surface area contributed by atoms with Crippen molar-refractivity contribution >= 4 is 5.97 Å². The summed E-state index contributed by atoms with van der Waals surface area (Å²) in [6.45, 7) is 7.77. The molecule has 1 aromatic carbocycles. The minimum absolute atomic E-state index is 0.000125. The number of esters is 1. The van der Waals surface area contributed by atoms with E-state index in [9.17, 15) is 4.79 Å². The van der Waals surface area contributed by atoms with Crippen molar-refractivity contribution in [1.29, 1.82) is 0 Å². The summed E-state index contributed by atoms with van der Waals surface area (Å²) in [5.41, 5.74) is 8.93. The zero-order valence-electron chi connectivity index (χ0n) is 16.6. The first kappa shape index (κ1) is 19.2. The molecule has 2 bridgehead atoms. The molecule has 0 unspecified atom stereocenters. The van der Waals surface area contributed by atoms with E-state index in [1.165, 1.54) is 36.8 Å². The Morgan fingerprint density at radius 3 is 2.77 bits per heavy atom. The predicted octanol–water partition coefficient (Wildman–Crippen LogP) is 4.33. The molecule has 2 N–H and O–H groups in total. The predicted molar refractivity (Wildman–Crippen MR) is 103 cm³/mol. The van der Waals surface area contributed by atoms with Crippen molar-refractivity contribution in [2.24, 2.45) is 17.1 Å². The lowest BCUT2D eigenvalue weighted by molar-refractivity contribution is -0.159. The van der Waals surface area contributed by atoms with Gasteiger partial charge in [0.15, 0.2) is 0 Å². The number of hydrogen-bond acceptors (Lipinski definition) is 4. The second-order valence-corrected chi connectivity index (χ2v) is 9.27. The number of nitrogens with two attached hydrogens (primary N) is 1. The zero-order valence-corrected chi connectivity index (χ0v) is 16.6. The first-order valence-electron chi connectivity index (χ1n) is 9.91. The van der Waals surface area contributed by atoms with Crippen LogP contribution in [0.4, 0.5) is 0 Å². The highest BCUT2D eigenvalue weighted by molar-refractivity contribution is 5.75. The van der Waals surface area contributed by atoms with Crippen LogP contribution in [-0.4, -0.2) is 18.8 Å². The fourth-order valence-corrected chi connectivity index (χ4v) is 4.49. The molecule has 1 fully saturated rings. The Hall–Kier alpha value is -1.55. The van der Waals surface area contributed by atoms with E-state index in [4.69, 9.17) is 15.2 Å². The third-order valence-corrected chi connectivity index (χ3v) is 6.22. The molecule has 2 aliphatic carbocycles. The third-order valence-electron chi connectivity index (χ3n) is 6.22. The number of carbonyl (C=O) groups excluding carboxylic acids is 1.